The Morgan fingerprint density at radius 3 is 2.84 bits per heavy atom. The normalized spacial score (nSPS) is 15.6. The van der Waals surface area contributed by atoms with Crippen molar-refractivity contribution < 1.29 is 13.9 Å². The molecule has 1 amide bonds. The molecule has 1 fully saturated rings. The molecule has 0 aromatic carbocycles. The van der Waals surface area contributed by atoms with Crippen LogP contribution in [-0.4, -0.2) is 59.8 Å². The minimum Gasteiger partial charge on any atom is -0.443 e. The molecule has 1 aliphatic rings. The molecule has 2 aromatic heterocycles. The third-order valence-electron chi connectivity index (χ3n) is 4.55. The molecule has 136 valence electrons. The lowest BCUT2D eigenvalue weighted by Gasteiger charge is -2.26. The number of rotatable bonds is 6. The van der Waals surface area contributed by atoms with Gasteiger partial charge < -0.3 is 14.5 Å². The van der Waals surface area contributed by atoms with Crippen LogP contribution < -0.4 is 10.9 Å². The summed E-state index contributed by atoms with van der Waals surface area (Å²) in [6.45, 7) is 8.53. The fraction of sp³-hybridized carbons (Fsp3) is 0.588. The first-order valence-electron chi connectivity index (χ1n) is 8.58. The molecule has 0 radical (unpaired) electrons. The summed E-state index contributed by atoms with van der Waals surface area (Å²) < 4.78 is 12.1. The van der Waals surface area contributed by atoms with Crippen molar-refractivity contribution in [3.8, 4) is 0 Å². The summed E-state index contributed by atoms with van der Waals surface area (Å²) in [5.74, 6) is 0.480. The zero-order chi connectivity index (χ0) is 17.8. The van der Waals surface area contributed by atoms with Gasteiger partial charge in [0.05, 0.1) is 13.2 Å². The van der Waals surface area contributed by atoms with E-state index in [-0.39, 0.29) is 18.0 Å². The van der Waals surface area contributed by atoms with Crippen LogP contribution in [0.15, 0.2) is 15.5 Å². The van der Waals surface area contributed by atoms with Crippen LogP contribution in [-0.2, 0) is 16.1 Å². The molecule has 0 saturated carbocycles. The SMILES string of the molecule is Cc1oc2ncn(CC(=O)NCCCN3CCOCC3)c(=O)c2c1C. The quantitative estimate of drug-likeness (QED) is 0.762. The average molecular weight is 348 g/mol. The second kappa shape index (κ2) is 7.79. The van der Waals surface area contributed by atoms with Crippen LogP contribution in [0.3, 0.4) is 0 Å². The van der Waals surface area contributed by atoms with Crippen molar-refractivity contribution in [3.05, 3.63) is 28.0 Å². The number of amides is 1. The van der Waals surface area contributed by atoms with E-state index in [2.05, 4.69) is 15.2 Å². The Morgan fingerprint density at radius 2 is 2.08 bits per heavy atom. The number of furan rings is 1. The van der Waals surface area contributed by atoms with E-state index in [4.69, 9.17) is 9.15 Å². The number of carbonyl (C=O) groups excluding carboxylic acids is 1. The molecule has 0 aliphatic carbocycles. The molecule has 1 aliphatic heterocycles. The molecule has 0 spiro atoms. The number of nitrogens with one attached hydrogen (secondary N) is 1. The van der Waals surface area contributed by atoms with Crippen molar-refractivity contribution in [2.75, 3.05) is 39.4 Å². The van der Waals surface area contributed by atoms with Gasteiger partial charge in [-0.15, -0.1) is 0 Å². The van der Waals surface area contributed by atoms with Gasteiger partial charge in [-0.3, -0.25) is 19.1 Å². The minimum atomic E-state index is -0.247. The first-order chi connectivity index (χ1) is 12.1. The Bertz CT molecular complexity index is 805. The van der Waals surface area contributed by atoms with E-state index >= 15 is 0 Å². The second-order valence-electron chi connectivity index (χ2n) is 6.30. The van der Waals surface area contributed by atoms with E-state index in [1.54, 1.807) is 6.92 Å². The van der Waals surface area contributed by atoms with E-state index < -0.39 is 0 Å². The first-order valence-corrected chi connectivity index (χ1v) is 8.58. The van der Waals surface area contributed by atoms with Gasteiger partial charge in [-0.2, -0.15) is 0 Å². The molecule has 0 unspecified atom stereocenters. The Labute approximate surface area is 145 Å². The number of hydrogen-bond donors (Lipinski definition) is 1. The molecule has 0 atom stereocenters. The van der Waals surface area contributed by atoms with Crippen molar-refractivity contribution in [3.63, 3.8) is 0 Å². The van der Waals surface area contributed by atoms with Crippen LogP contribution in [0.1, 0.15) is 17.7 Å². The third kappa shape index (κ3) is 4.08. The van der Waals surface area contributed by atoms with Crippen molar-refractivity contribution in [1.82, 2.24) is 19.8 Å². The third-order valence-corrected chi connectivity index (χ3v) is 4.55. The molecular weight excluding hydrogens is 324 g/mol. The Morgan fingerprint density at radius 1 is 1.32 bits per heavy atom. The molecule has 8 heteroatoms. The van der Waals surface area contributed by atoms with E-state index in [0.29, 0.717) is 23.4 Å². The van der Waals surface area contributed by atoms with Crippen LogP contribution in [0, 0.1) is 13.8 Å². The van der Waals surface area contributed by atoms with Gasteiger partial charge in [-0.25, -0.2) is 4.98 Å². The molecule has 1 saturated heterocycles. The Balaban J connectivity index is 1.52. The standard InChI is InChI=1S/C17H24N4O4/c1-12-13(2)25-16-15(12)17(23)21(11-19-16)10-14(22)18-4-3-5-20-6-8-24-9-7-20/h11H,3-10H2,1-2H3,(H,18,22). The van der Waals surface area contributed by atoms with Crippen LogP contribution in [0.25, 0.3) is 11.1 Å². The molecule has 1 N–H and O–H groups in total. The Kier molecular flexibility index (Phi) is 5.50. The van der Waals surface area contributed by atoms with E-state index in [1.807, 2.05) is 6.92 Å². The van der Waals surface area contributed by atoms with Gasteiger partial charge in [0.1, 0.15) is 24.0 Å². The summed E-state index contributed by atoms with van der Waals surface area (Å²) in [4.78, 5) is 31.0. The van der Waals surface area contributed by atoms with Crippen molar-refractivity contribution in [1.29, 1.82) is 0 Å². The monoisotopic (exact) mass is 348 g/mol. The summed E-state index contributed by atoms with van der Waals surface area (Å²) in [6.07, 6.45) is 2.23. The summed E-state index contributed by atoms with van der Waals surface area (Å²) in [5.41, 5.74) is 0.845. The smallest absolute Gasteiger partial charge is 0.265 e. The number of hydrogen-bond acceptors (Lipinski definition) is 6. The van der Waals surface area contributed by atoms with Gasteiger partial charge in [0.15, 0.2) is 0 Å². The van der Waals surface area contributed by atoms with Crippen molar-refractivity contribution in [2.45, 2.75) is 26.8 Å². The lowest BCUT2D eigenvalue weighted by atomic mass is 10.2. The van der Waals surface area contributed by atoms with Crippen LogP contribution in [0.4, 0.5) is 0 Å². The highest BCUT2D eigenvalue weighted by molar-refractivity contribution is 5.79. The zero-order valence-corrected chi connectivity index (χ0v) is 14.7. The second-order valence-corrected chi connectivity index (χ2v) is 6.30. The average Bonchev–Trinajstić information content (AvgIpc) is 2.90. The molecule has 8 nitrogen and oxygen atoms in total. The van der Waals surface area contributed by atoms with Gasteiger partial charge in [0.25, 0.3) is 5.56 Å². The zero-order valence-electron chi connectivity index (χ0n) is 14.7. The summed E-state index contributed by atoms with van der Waals surface area (Å²) in [7, 11) is 0. The fourth-order valence-corrected chi connectivity index (χ4v) is 2.95. The molecule has 3 heterocycles. The van der Waals surface area contributed by atoms with E-state index in [0.717, 1.165) is 44.8 Å². The number of fused-ring (bicyclic) bond motifs is 1. The van der Waals surface area contributed by atoms with Crippen LogP contribution >= 0.6 is 0 Å². The topological polar surface area (TPSA) is 89.6 Å². The molecular formula is C17H24N4O4. The lowest BCUT2D eigenvalue weighted by Crippen LogP contribution is -2.38. The van der Waals surface area contributed by atoms with Crippen LogP contribution in [0.2, 0.25) is 0 Å². The lowest BCUT2D eigenvalue weighted by molar-refractivity contribution is -0.121. The maximum Gasteiger partial charge on any atom is 0.265 e. The number of morpholine rings is 1. The number of aryl methyl sites for hydroxylation is 2. The fourth-order valence-electron chi connectivity index (χ4n) is 2.95. The van der Waals surface area contributed by atoms with Crippen molar-refractivity contribution >= 4 is 17.0 Å². The number of nitrogens with zero attached hydrogens (tertiary/aromatic N) is 3. The largest absolute Gasteiger partial charge is 0.443 e. The summed E-state index contributed by atoms with van der Waals surface area (Å²) >= 11 is 0. The van der Waals surface area contributed by atoms with Gasteiger partial charge in [0, 0.05) is 25.2 Å². The first kappa shape index (κ1) is 17.6. The number of aromatic nitrogens is 2. The highest BCUT2D eigenvalue weighted by Crippen LogP contribution is 2.18. The maximum absolute atomic E-state index is 12.5. The predicted molar refractivity (Wildman–Crippen MR) is 92.6 cm³/mol. The van der Waals surface area contributed by atoms with Gasteiger partial charge in [-0.1, -0.05) is 0 Å². The minimum absolute atomic E-state index is 0.0387. The molecule has 0 bridgehead atoms. The number of carbonyl (C=O) groups is 1. The summed E-state index contributed by atoms with van der Waals surface area (Å²) in [5, 5.41) is 3.30. The highest BCUT2D eigenvalue weighted by Gasteiger charge is 2.15. The van der Waals surface area contributed by atoms with Gasteiger partial charge >= 0.3 is 0 Å². The molecule has 2 aromatic rings. The van der Waals surface area contributed by atoms with Crippen LogP contribution in [0.5, 0.6) is 0 Å². The molecule has 25 heavy (non-hydrogen) atoms. The maximum atomic E-state index is 12.5. The Hall–Kier alpha value is -2.19. The van der Waals surface area contributed by atoms with E-state index in [9.17, 15) is 9.59 Å². The predicted octanol–water partition coefficient (Wildman–Crippen LogP) is 0.445. The van der Waals surface area contributed by atoms with E-state index in [1.165, 1.54) is 10.9 Å². The number of ether oxygens (including phenoxy) is 1. The van der Waals surface area contributed by atoms with Crippen molar-refractivity contribution in [2.24, 2.45) is 0 Å². The van der Waals surface area contributed by atoms with Gasteiger partial charge in [-0.05, 0) is 26.8 Å². The molecule has 3 rings (SSSR count). The van der Waals surface area contributed by atoms with Gasteiger partial charge in [0.2, 0.25) is 11.6 Å². The summed E-state index contributed by atoms with van der Waals surface area (Å²) in [6, 6.07) is 0. The highest BCUT2D eigenvalue weighted by atomic mass is 16.5.